The van der Waals surface area contributed by atoms with Crippen LogP contribution in [0.3, 0.4) is 0 Å². The Morgan fingerprint density at radius 3 is 2.76 bits per heavy atom. The molecule has 1 aromatic heterocycles. The van der Waals surface area contributed by atoms with E-state index in [4.69, 9.17) is 9.47 Å². The zero-order chi connectivity index (χ0) is 20.2. The smallest absolute Gasteiger partial charge is 0.286 e. The van der Waals surface area contributed by atoms with Crippen molar-refractivity contribution < 1.29 is 18.7 Å². The molecular formula is C20H19FN4O3S. The zero-order valence-corrected chi connectivity index (χ0v) is 16.5. The van der Waals surface area contributed by atoms with Gasteiger partial charge in [-0.3, -0.25) is 9.69 Å². The van der Waals surface area contributed by atoms with Crippen molar-refractivity contribution in [1.29, 1.82) is 0 Å². The SMILES string of the molecule is CN(Cc1nnc(C(=O)Nc2ccc(F)cc2)s1)CC1COc2ccccc2O1. The number of amides is 1. The van der Waals surface area contributed by atoms with E-state index in [1.807, 2.05) is 36.2 Å². The lowest BCUT2D eigenvalue weighted by Gasteiger charge is -2.29. The van der Waals surface area contributed by atoms with E-state index in [0.29, 0.717) is 30.4 Å². The van der Waals surface area contributed by atoms with Crippen LogP contribution in [0.15, 0.2) is 48.5 Å². The van der Waals surface area contributed by atoms with E-state index in [-0.39, 0.29) is 22.8 Å². The third kappa shape index (κ3) is 4.87. The molecule has 0 saturated carbocycles. The van der Waals surface area contributed by atoms with Crippen molar-refractivity contribution >= 4 is 22.9 Å². The second kappa shape index (κ2) is 8.54. The Morgan fingerprint density at radius 1 is 1.21 bits per heavy atom. The summed E-state index contributed by atoms with van der Waals surface area (Å²) in [5, 5.41) is 11.7. The number of benzene rings is 2. The molecule has 1 N–H and O–H groups in total. The van der Waals surface area contributed by atoms with Crippen LogP contribution < -0.4 is 14.8 Å². The Bertz CT molecular complexity index is 995. The third-order valence-corrected chi connectivity index (χ3v) is 5.16. The molecule has 0 aliphatic carbocycles. The number of ether oxygens (including phenoxy) is 2. The van der Waals surface area contributed by atoms with Crippen molar-refractivity contribution in [3.63, 3.8) is 0 Å². The fourth-order valence-corrected chi connectivity index (χ4v) is 3.74. The lowest BCUT2D eigenvalue weighted by atomic mass is 10.2. The first-order chi connectivity index (χ1) is 14.1. The van der Waals surface area contributed by atoms with Gasteiger partial charge in [0.15, 0.2) is 11.5 Å². The van der Waals surface area contributed by atoms with Crippen LogP contribution in [0.25, 0.3) is 0 Å². The molecule has 4 rings (SSSR count). The number of hydrogen-bond donors (Lipinski definition) is 1. The van der Waals surface area contributed by atoms with Gasteiger partial charge in [0, 0.05) is 12.2 Å². The molecule has 0 radical (unpaired) electrons. The van der Waals surface area contributed by atoms with Gasteiger partial charge in [0.05, 0.1) is 6.54 Å². The van der Waals surface area contributed by atoms with Gasteiger partial charge in [-0.15, -0.1) is 10.2 Å². The first-order valence-corrected chi connectivity index (χ1v) is 9.85. The summed E-state index contributed by atoms with van der Waals surface area (Å²) in [5.41, 5.74) is 0.500. The average molecular weight is 414 g/mol. The van der Waals surface area contributed by atoms with Crippen LogP contribution in [0, 0.1) is 5.82 Å². The molecule has 150 valence electrons. The normalized spacial score (nSPS) is 15.3. The Morgan fingerprint density at radius 2 is 1.97 bits per heavy atom. The molecule has 0 saturated heterocycles. The maximum Gasteiger partial charge on any atom is 0.286 e. The summed E-state index contributed by atoms with van der Waals surface area (Å²) in [5.74, 6) is 0.767. The molecule has 1 atom stereocenters. The standard InChI is InChI=1S/C20H19FN4O3S/c1-25(10-15-12-27-16-4-2-3-5-17(16)28-15)11-18-23-24-20(29-18)19(26)22-14-8-6-13(21)7-9-14/h2-9,15H,10-12H2,1H3,(H,22,26). The van der Waals surface area contributed by atoms with Crippen LogP contribution in [-0.2, 0) is 6.54 Å². The Labute approximate surface area is 171 Å². The van der Waals surface area contributed by atoms with Crippen molar-refractivity contribution in [3.8, 4) is 11.5 Å². The molecule has 0 fully saturated rings. The van der Waals surface area contributed by atoms with E-state index < -0.39 is 0 Å². The molecule has 0 bridgehead atoms. The zero-order valence-electron chi connectivity index (χ0n) is 15.7. The summed E-state index contributed by atoms with van der Waals surface area (Å²) in [6, 6.07) is 13.1. The number of hydrogen-bond acceptors (Lipinski definition) is 7. The summed E-state index contributed by atoms with van der Waals surface area (Å²) < 4.78 is 24.7. The van der Waals surface area contributed by atoms with Gasteiger partial charge in [-0.1, -0.05) is 23.5 Å². The minimum atomic E-state index is -0.372. The highest BCUT2D eigenvalue weighted by Gasteiger charge is 2.22. The molecule has 0 spiro atoms. The fourth-order valence-electron chi connectivity index (χ4n) is 2.92. The van der Waals surface area contributed by atoms with Crippen LogP contribution in [0.2, 0.25) is 0 Å². The molecule has 3 aromatic rings. The van der Waals surface area contributed by atoms with Crippen molar-refractivity contribution in [3.05, 3.63) is 64.4 Å². The molecule has 2 aromatic carbocycles. The number of para-hydroxylation sites is 2. The maximum absolute atomic E-state index is 13.0. The predicted octanol–water partition coefficient (Wildman–Crippen LogP) is 3.20. The Kier molecular flexibility index (Phi) is 5.68. The van der Waals surface area contributed by atoms with Gasteiger partial charge in [0.1, 0.15) is 23.5 Å². The largest absolute Gasteiger partial charge is 0.486 e. The van der Waals surface area contributed by atoms with Gasteiger partial charge in [-0.25, -0.2) is 4.39 Å². The van der Waals surface area contributed by atoms with E-state index in [1.54, 1.807) is 0 Å². The van der Waals surface area contributed by atoms with Gasteiger partial charge in [-0.2, -0.15) is 0 Å². The number of rotatable bonds is 6. The number of halogens is 1. The van der Waals surface area contributed by atoms with Crippen molar-refractivity contribution in [2.45, 2.75) is 12.6 Å². The number of aromatic nitrogens is 2. The molecule has 29 heavy (non-hydrogen) atoms. The summed E-state index contributed by atoms with van der Waals surface area (Å²) in [7, 11) is 1.95. The van der Waals surface area contributed by atoms with Crippen molar-refractivity contribution in [2.24, 2.45) is 0 Å². The van der Waals surface area contributed by atoms with Crippen molar-refractivity contribution in [2.75, 3.05) is 25.5 Å². The first kappa shape index (κ1) is 19.3. The molecule has 1 unspecified atom stereocenters. The minimum Gasteiger partial charge on any atom is -0.486 e. The highest BCUT2D eigenvalue weighted by molar-refractivity contribution is 7.13. The van der Waals surface area contributed by atoms with E-state index in [2.05, 4.69) is 15.5 Å². The van der Waals surface area contributed by atoms with E-state index in [0.717, 1.165) is 11.5 Å². The maximum atomic E-state index is 13.0. The molecule has 1 aliphatic heterocycles. The van der Waals surface area contributed by atoms with Gasteiger partial charge >= 0.3 is 0 Å². The highest BCUT2D eigenvalue weighted by Crippen LogP contribution is 2.31. The highest BCUT2D eigenvalue weighted by atomic mass is 32.1. The number of likely N-dealkylation sites (N-methyl/N-ethyl adjacent to an activating group) is 1. The van der Waals surface area contributed by atoms with Crippen LogP contribution in [0.4, 0.5) is 10.1 Å². The van der Waals surface area contributed by atoms with E-state index >= 15 is 0 Å². The lowest BCUT2D eigenvalue weighted by Crippen LogP contribution is -2.39. The number of nitrogens with one attached hydrogen (secondary N) is 1. The molecule has 7 nitrogen and oxygen atoms in total. The number of nitrogens with zero attached hydrogens (tertiary/aromatic N) is 3. The number of anilines is 1. The summed E-state index contributed by atoms with van der Waals surface area (Å²) in [4.78, 5) is 14.3. The van der Waals surface area contributed by atoms with Crippen LogP contribution in [-0.4, -0.2) is 47.3 Å². The molecule has 9 heteroatoms. The number of fused-ring (bicyclic) bond motifs is 1. The molecule has 1 amide bonds. The summed E-state index contributed by atoms with van der Waals surface area (Å²) in [6.07, 6.45) is -0.0935. The topological polar surface area (TPSA) is 76.6 Å². The van der Waals surface area contributed by atoms with Gasteiger partial charge < -0.3 is 14.8 Å². The molecular weight excluding hydrogens is 395 g/mol. The van der Waals surface area contributed by atoms with Crippen molar-refractivity contribution in [1.82, 2.24) is 15.1 Å². The monoisotopic (exact) mass is 414 g/mol. The first-order valence-electron chi connectivity index (χ1n) is 9.03. The quantitative estimate of drug-likeness (QED) is 0.668. The van der Waals surface area contributed by atoms with Gasteiger partial charge in [0.2, 0.25) is 5.01 Å². The van der Waals surface area contributed by atoms with E-state index in [9.17, 15) is 9.18 Å². The second-order valence-electron chi connectivity index (χ2n) is 6.66. The lowest BCUT2D eigenvalue weighted by molar-refractivity contribution is 0.0637. The van der Waals surface area contributed by atoms with Gasteiger partial charge in [-0.05, 0) is 43.4 Å². The van der Waals surface area contributed by atoms with Gasteiger partial charge in [0.25, 0.3) is 5.91 Å². The molecule has 1 aliphatic rings. The van der Waals surface area contributed by atoms with Crippen LogP contribution >= 0.6 is 11.3 Å². The van der Waals surface area contributed by atoms with Crippen LogP contribution in [0.5, 0.6) is 11.5 Å². The molecule has 2 heterocycles. The second-order valence-corrected chi connectivity index (χ2v) is 7.72. The Balaban J connectivity index is 1.30. The summed E-state index contributed by atoms with van der Waals surface area (Å²) in [6.45, 7) is 1.65. The Hall–Kier alpha value is -3.04. The number of carbonyl (C=O) groups excluding carboxylic acids is 1. The summed E-state index contributed by atoms with van der Waals surface area (Å²) >= 11 is 1.22. The predicted molar refractivity (Wildman–Crippen MR) is 107 cm³/mol. The number of carbonyl (C=O) groups is 1. The van der Waals surface area contributed by atoms with E-state index in [1.165, 1.54) is 35.6 Å². The average Bonchev–Trinajstić information content (AvgIpc) is 3.18. The van der Waals surface area contributed by atoms with Crippen LogP contribution in [0.1, 0.15) is 14.8 Å². The fraction of sp³-hybridized carbons (Fsp3) is 0.250. The third-order valence-electron chi connectivity index (χ3n) is 4.25. The minimum absolute atomic E-state index is 0.0935.